The second-order valence-corrected chi connectivity index (χ2v) is 6.76. The van der Waals surface area contributed by atoms with Gasteiger partial charge in [-0.25, -0.2) is 4.79 Å². The highest BCUT2D eigenvalue weighted by Gasteiger charge is 2.50. The van der Waals surface area contributed by atoms with E-state index in [4.69, 9.17) is 4.74 Å². The van der Waals surface area contributed by atoms with E-state index in [-0.39, 0.29) is 30.3 Å². The third-order valence-electron chi connectivity index (χ3n) is 5.14. The van der Waals surface area contributed by atoms with E-state index in [1.54, 1.807) is 12.0 Å². The zero-order valence-corrected chi connectivity index (χ0v) is 13.5. The Morgan fingerprint density at radius 3 is 2.71 bits per heavy atom. The van der Waals surface area contributed by atoms with Gasteiger partial charge in [0.05, 0.1) is 7.11 Å². The third kappa shape index (κ3) is 2.40. The first-order chi connectivity index (χ1) is 11.5. The molecule has 2 aliphatic heterocycles. The minimum Gasteiger partial charge on any atom is -0.497 e. The Balaban J connectivity index is 1.53. The molecule has 4 rings (SSSR count). The Morgan fingerprint density at radius 1 is 1.29 bits per heavy atom. The van der Waals surface area contributed by atoms with Crippen LogP contribution in [0.5, 0.6) is 5.75 Å². The van der Waals surface area contributed by atoms with Gasteiger partial charge in [-0.05, 0) is 36.1 Å². The number of amides is 4. The molecule has 1 N–H and O–H groups in total. The summed E-state index contributed by atoms with van der Waals surface area (Å²) >= 11 is 0. The van der Waals surface area contributed by atoms with Crippen molar-refractivity contribution >= 4 is 17.8 Å². The second-order valence-electron chi connectivity index (χ2n) is 6.76. The highest BCUT2D eigenvalue weighted by Crippen LogP contribution is 2.53. The van der Waals surface area contributed by atoms with Gasteiger partial charge >= 0.3 is 6.03 Å². The minimum atomic E-state index is -0.489. The number of methoxy groups -OCH3 is 1. The molecular formula is C17H19N3O4. The van der Waals surface area contributed by atoms with E-state index < -0.39 is 6.03 Å². The number of ether oxygens (including phenoxy) is 1. The van der Waals surface area contributed by atoms with Crippen LogP contribution in [0.3, 0.4) is 0 Å². The van der Waals surface area contributed by atoms with Gasteiger partial charge in [0.1, 0.15) is 18.8 Å². The van der Waals surface area contributed by atoms with Crippen molar-refractivity contribution < 1.29 is 19.1 Å². The standard InChI is InChI=1S/C17H19N3O4/c1-24-12-3-2-11-7-20(10-17(4-5-17)13(11)6-12)15(22)9-19-8-14(21)18-16(19)23/h2-3,6H,4-5,7-10H2,1H3,(H,18,21,23). The topological polar surface area (TPSA) is 79.0 Å². The van der Waals surface area contributed by atoms with Crippen LogP contribution in [0, 0.1) is 0 Å². The quantitative estimate of drug-likeness (QED) is 0.825. The van der Waals surface area contributed by atoms with Crippen LogP contribution >= 0.6 is 0 Å². The van der Waals surface area contributed by atoms with Gasteiger partial charge in [0, 0.05) is 18.5 Å². The van der Waals surface area contributed by atoms with Gasteiger partial charge in [-0.15, -0.1) is 0 Å². The van der Waals surface area contributed by atoms with Crippen LogP contribution in [0.4, 0.5) is 4.79 Å². The Bertz CT molecular complexity index is 741. The predicted molar refractivity (Wildman–Crippen MR) is 84.4 cm³/mol. The first kappa shape index (κ1) is 15.0. The Morgan fingerprint density at radius 2 is 2.08 bits per heavy atom. The van der Waals surface area contributed by atoms with Gasteiger partial charge in [0.25, 0.3) is 0 Å². The summed E-state index contributed by atoms with van der Waals surface area (Å²) in [5.74, 6) is 0.363. The molecule has 0 radical (unpaired) electrons. The van der Waals surface area contributed by atoms with Crippen molar-refractivity contribution in [2.24, 2.45) is 0 Å². The zero-order chi connectivity index (χ0) is 16.9. The van der Waals surface area contributed by atoms with E-state index in [9.17, 15) is 14.4 Å². The lowest BCUT2D eigenvalue weighted by molar-refractivity contribution is -0.133. The number of rotatable bonds is 3. The normalized spacial score (nSPS) is 20.9. The van der Waals surface area contributed by atoms with Crippen LogP contribution < -0.4 is 10.1 Å². The maximum atomic E-state index is 12.6. The van der Waals surface area contributed by atoms with Crippen molar-refractivity contribution in [3.8, 4) is 5.75 Å². The van der Waals surface area contributed by atoms with Crippen LogP contribution in [0.15, 0.2) is 18.2 Å². The molecule has 0 aromatic heterocycles. The summed E-state index contributed by atoms with van der Waals surface area (Å²) in [6.07, 6.45) is 2.11. The van der Waals surface area contributed by atoms with Gasteiger partial charge in [-0.2, -0.15) is 0 Å². The first-order valence-corrected chi connectivity index (χ1v) is 8.05. The maximum Gasteiger partial charge on any atom is 0.325 e. The molecule has 1 saturated heterocycles. The fourth-order valence-corrected chi connectivity index (χ4v) is 3.65. The molecule has 0 bridgehead atoms. The van der Waals surface area contributed by atoms with Crippen LogP contribution in [-0.2, 0) is 21.5 Å². The molecule has 1 aromatic carbocycles. The maximum absolute atomic E-state index is 12.6. The molecule has 1 spiro atoms. The third-order valence-corrected chi connectivity index (χ3v) is 5.14. The number of imide groups is 1. The molecule has 3 aliphatic rings. The predicted octanol–water partition coefficient (Wildman–Crippen LogP) is 0.621. The molecule has 1 aliphatic carbocycles. The van der Waals surface area contributed by atoms with Gasteiger partial charge in [-0.1, -0.05) is 6.07 Å². The number of carbonyl (C=O) groups excluding carboxylic acids is 3. The highest BCUT2D eigenvalue weighted by molar-refractivity contribution is 6.03. The Labute approximate surface area is 139 Å². The number of nitrogens with zero attached hydrogens (tertiary/aromatic N) is 2. The lowest BCUT2D eigenvalue weighted by atomic mass is 9.86. The summed E-state index contributed by atoms with van der Waals surface area (Å²) in [6.45, 7) is 1.09. The molecule has 4 amide bonds. The molecule has 7 nitrogen and oxygen atoms in total. The van der Waals surface area contributed by atoms with E-state index in [1.165, 1.54) is 10.5 Å². The lowest BCUT2D eigenvalue weighted by Crippen LogP contribution is -2.46. The SMILES string of the molecule is COc1ccc2c(c1)C1(CC1)CN(C(=O)CN1CC(=O)NC1=O)C2. The van der Waals surface area contributed by atoms with E-state index >= 15 is 0 Å². The number of nitrogens with one attached hydrogen (secondary N) is 1. The number of hydrogen-bond donors (Lipinski definition) is 1. The number of benzene rings is 1. The summed E-state index contributed by atoms with van der Waals surface area (Å²) in [5, 5.41) is 2.20. The van der Waals surface area contributed by atoms with Gasteiger partial charge < -0.3 is 14.5 Å². The monoisotopic (exact) mass is 329 g/mol. The number of hydrogen-bond acceptors (Lipinski definition) is 4. The highest BCUT2D eigenvalue weighted by atomic mass is 16.5. The van der Waals surface area contributed by atoms with Crippen LogP contribution in [-0.4, -0.2) is 54.4 Å². The Kier molecular flexibility index (Phi) is 3.26. The van der Waals surface area contributed by atoms with Crippen molar-refractivity contribution in [1.82, 2.24) is 15.1 Å². The number of urea groups is 1. The molecule has 1 saturated carbocycles. The average Bonchev–Trinajstić information content (AvgIpc) is 3.26. The molecule has 7 heteroatoms. The summed E-state index contributed by atoms with van der Waals surface area (Å²) in [7, 11) is 1.66. The Hall–Kier alpha value is -2.57. The van der Waals surface area contributed by atoms with Crippen LogP contribution in [0.1, 0.15) is 24.0 Å². The molecule has 2 fully saturated rings. The molecule has 126 valence electrons. The zero-order valence-electron chi connectivity index (χ0n) is 13.5. The first-order valence-electron chi connectivity index (χ1n) is 8.05. The van der Waals surface area contributed by atoms with E-state index in [0.29, 0.717) is 13.1 Å². The van der Waals surface area contributed by atoms with Gasteiger partial charge in [-0.3, -0.25) is 14.9 Å². The molecule has 1 aromatic rings. The molecule has 0 unspecified atom stereocenters. The molecule has 2 heterocycles. The number of fused-ring (bicyclic) bond motifs is 2. The van der Waals surface area contributed by atoms with Crippen molar-refractivity contribution in [1.29, 1.82) is 0 Å². The van der Waals surface area contributed by atoms with E-state index in [1.807, 2.05) is 12.1 Å². The summed E-state index contributed by atoms with van der Waals surface area (Å²) in [5.41, 5.74) is 2.44. The number of carbonyl (C=O) groups is 3. The van der Waals surface area contributed by atoms with Crippen LogP contribution in [0.25, 0.3) is 0 Å². The smallest absolute Gasteiger partial charge is 0.325 e. The van der Waals surface area contributed by atoms with Gasteiger partial charge in [0.2, 0.25) is 11.8 Å². The van der Waals surface area contributed by atoms with Crippen molar-refractivity contribution in [3.05, 3.63) is 29.3 Å². The van der Waals surface area contributed by atoms with Crippen molar-refractivity contribution in [2.75, 3.05) is 26.7 Å². The minimum absolute atomic E-state index is 0.0286. The second kappa shape index (κ2) is 5.22. The van der Waals surface area contributed by atoms with Crippen molar-refractivity contribution in [3.63, 3.8) is 0 Å². The van der Waals surface area contributed by atoms with Gasteiger partial charge in [0.15, 0.2) is 0 Å². The summed E-state index contributed by atoms with van der Waals surface area (Å²) in [4.78, 5) is 38.6. The fourth-order valence-electron chi connectivity index (χ4n) is 3.65. The van der Waals surface area contributed by atoms with E-state index in [0.717, 1.165) is 24.2 Å². The fraction of sp³-hybridized carbons (Fsp3) is 0.471. The molecule has 24 heavy (non-hydrogen) atoms. The molecular weight excluding hydrogens is 310 g/mol. The summed E-state index contributed by atoms with van der Waals surface area (Å²) < 4.78 is 5.32. The molecule has 0 atom stereocenters. The average molecular weight is 329 g/mol. The van der Waals surface area contributed by atoms with Crippen LogP contribution in [0.2, 0.25) is 0 Å². The lowest BCUT2D eigenvalue weighted by Gasteiger charge is -2.36. The largest absolute Gasteiger partial charge is 0.497 e. The van der Waals surface area contributed by atoms with Crippen molar-refractivity contribution in [2.45, 2.75) is 24.8 Å². The summed E-state index contributed by atoms with van der Waals surface area (Å²) in [6, 6.07) is 5.52. The van der Waals surface area contributed by atoms with E-state index in [2.05, 4.69) is 11.4 Å².